The highest BCUT2D eigenvalue weighted by atomic mass is 16.3. The Bertz CT molecular complexity index is 424. The number of carbonyl (C=O) groups is 1. The van der Waals surface area contributed by atoms with Crippen LogP contribution in [0.15, 0.2) is 30.3 Å². The van der Waals surface area contributed by atoms with Crippen LogP contribution in [0.3, 0.4) is 0 Å². The van der Waals surface area contributed by atoms with Gasteiger partial charge in [0.1, 0.15) is 0 Å². The standard InChI is InChI=1S/C15H23N3O2/c16-17-15(20)14(13-6-2-1-3-7-13)10-18-8-4-5-12(9-18)11-19/h1-3,6-7,12,14,19H,4-5,8-11,16H2,(H,17,20). The molecule has 0 spiro atoms. The Morgan fingerprint density at radius 2 is 2.20 bits per heavy atom. The second kappa shape index (κ2) is 7.38. The van der Waals surface area contributed by atoms with Crippen LogP contribution in [-0.4, -0.2) is 42.2 Å². The number of rotatable bonds is 5. The highest BCUT2D eigenvalue weighted by Gasteiger charge is 2.26. The van der Waals surface area contributed by atoms with Crippen LogP contribution >= 0.6 is 0 Å². The fraction of sp³-hybridized carbons (Fsp3) is 0.533. The Kier molecular flexibility index (Phi) is 5.52. The Balaban J connectivity index is 2.06. The number of benzene rings is 1. The van der Waals surface area contributed by atoms with Gasteiger partial charge in [0, 0.05) is 19.7 Å². The number of hydrogen-bond acceptors (Lipinski definition) is 4. The molecular weight excluding hydrogens is 254 g/mol. The van der Waals surface area contributed by atoms with E-state index in [2.05, 4.69) is 10.3 Å². The fourth-order valence-electron chi connectivity index (χ4n) is 2.85. The molecule has 1 heterocycles. The van der Waals surface area contributed by atoms with Gasteiger partial charge in [0.2, 0.25) is 5.91 Å². The van der Waals surface area contributed by atoms with Gasteiger partial charge in [-0.3, -0.25) is 10.2 Å². The first-order valence-corrected chi connectivity index (χ1v) is 7.13. The second-order valence-corrected chi connectivity index (χ2v) is 5.42. The number of likely N-dealkylation sites (tertiary alicyclic amines) is 1. The highest BCUT2D eigenvalue weighted by molar-refractivity contribution is 5.83. The zero-order chi connectivity index (χ0) is 14.4. The molecule has 1 aliphatic heterocycles. The van der Waals surface area contributed by atoms with E-state index in [1.807, 2.05) is 30.3 Å². The molecule has 0 bridgehead atoms. The van der Waals surface area contributed by atoms with Crippen molar-refractivity contribution in [1.29, 1.82) is 0 Å². The number of amides is 1. The van der Waals surface area contributed by atoms with Crippen molar-refractivity contribution in [1.82, 2.24) is 10.3 Å². The van der Waals surface area contributed by atoms with E-state index in [9.17, 15) is 9.90 Å². The lowest BCUT2D eigenvalue weighted by atomic mass is 9.94. The van der Waals surface area contributed by atoms with Crippen LogP contribution in [0.5, 0.6) is 0 Å². The predicted octanol–water partition coefficient (Wildman–Crippen LogP) is 0.464. The number of nitrogens with one attached hydrogen (secondary N) is 1. The van der Waals surface area contributed by atoms with Crippen LogP contribution in [0.2, 0.25) is 0 Å². The van der Waals surface area contributed by atoms with E-state index in [0.29, 0.717) is 12.5 Å². The van der Waals surface area contributed by atoms with Crippen molar-refractivity contribution in [3.63, 3.8) is 0 Å². The summed E-state index contributed by atoms with van der Waals surface area (Å²) in [6.45, 7) is 2.68. The molecule has 2 atom stereocenters. The summed E-state index contributed by atoms with van der Waals surface area (Å²) < 4.78 is 0. The van der Waals surface area contributed by atoms with Gasteiger partial charge in [-0.25, -0.2) is 5.84 Å². The average molecular weight is 277 g/mol. The summed E-state index contributed by atoms with van der Waals surface area (Å²) in [6, 6.07) is 9.70. The average Bonchev–Trinajstić information content (AvgIpc) is 2.53. The number of nitrogens with zero attached hydrogens (tertiary/aromatic N) is 1. The largest absolute Gasteiger partial charge is 0.396 e. The lowest BCUT2D eigenvalue weighted by Crippen LogP contribution is -2.44. The molecule has 4 N–H and O–H groups in total. The van der Waals surface area contributed by atoms with Gasteiger partial charge < -0.3 is 10.0 Å². The molecule has 1 aromatic rings. The van der Waals surface area contributed by atoms with E-state index in [-0.39, 0.29) is 18.4 Å². The number of carbonyl (C=O) groups excluding carboxylic acids is 1. The SMILES string of the molecule is NNC(=O)C(CN1CCCC(CO)C1)c1ccccc1. The van der Waals surface area contributed by atoms with Crippen LogP contribution in [0.4, 0.5) is 0 Å². The van der Waals surface area contributed by atoms with Gasteiger partial charge in [0.25, 0.3) is 0 Å². The molecule has 5 nitrogen and oxygen atoms in total. The van der Waals surface area contributed by atoms with E-state index in [4.69, 9.17) is 5.84 Å². The lowest BCUT2D eigenvalue weighted by molar-refractivity contribution is -0.123. The molecule has 0 saturated carbocycles. The van der Waals surface area contributed by atoms with Crippen molar-refractivity contribution >= 4 is 5.91 Å². The van der Waals surface area contributed by atoms with Gasteiger partial charge in [0.05, 0.1) is 5.92 Å². The number of aliphatic hydroxyl groups is 1. The molecule has 0 aromatic heterocycles. The molecule has 0 aliphatic carbocycles. The molecule has 1 saturated heterocycles. The Morgan fingerprint density at radius 1 is 1.45 bits per heavy atom. The minimum absolute atomic E-state index is 0.165. The maximum absolute atomic E-state index is 12.0. The minimum Gasteiger partial charge on any atom is -0.396 e. The quantitative estimate of drug-likeness (QED) is 0.415. The minimum atomic E-state index is -0.265. The van der Waals surface area contributed by atoms with E-state index in [1.165, 1.54) is 0 Å². The molecule has 1 aliphatic rings. The van der Waals surface area contributed by atoms with Crippen molar-refractivity contribution in [3.05, 3.63) is 35.9 Å². The topological polar surface area (TPSA) is 78.6 Å². The Labute approximate surface area is 119 Å². The van der Waals surface area contributed by atoms with Crippen LogP contribution < -0.4 is 11.3 Å². The lowest BCUT2D eigenvalue weighted by Gasteiger charge is -2.33. The van der Waals surface area contributed by atoms with Crippen LogP contribution in [0, 0.1) is 5.92 Å². The molecular formula is C15H23N3O2. The van der Waals surface area contributed by atoms with E-state index in [0.717, 1.165) is 31.5 Å². The van der Waals surface area contributed by atoms with Gasteiger partial charge >= 0.3 is 0 Å². The Morgan fingerprint density at radius 3 is 2.85 bits per heavy atom. The first-order chi connectivity index (χ1) is 9.74. The summed E-state index contributed by atoms with van der Waals surface area (Å²) in [4.78, 5) is 14.3. The molecule has 110 valence electrons. The van der Waals surface area contributed by atoms with E-state index < -0.39 is 0 Å². The predicted molar refractivity (Wildman–Crippen MR) is 77.8 cm³/mol. The van der Waals surface area contributed by atoms with Gasteiger partial charge in [-0.15, -0.1) is 0 Å². The van der Waals surface area contributed by atoms with Crippen molar-refractivity contribution < 1.29 is 9.90 Å². The number of hydrogen-bond donors (Lipinski definition) is 3. The van der Waals surface area contributed by atoms with Gasteiger partial charge in [-0.2, -0.15) is 0 Å². The molecule has 1 amide bonds. The zero-order valence-electron chi connectivity index (χ0n) is 11.7. The van der Waals surface area contributed by atoms with Crippen molar-refractivity contribution in [2.45, 2.75) is 18.8 Å². The summed E-state index contributed by atoms with van der Waals surface area (Å²) in [5, 5.41) is 9.29. The number of hydrazine groups is 1. The van der Waals surface area contributed by atoms with Crippen LogP contribution in [0.1, 0.15) is 24.3 Å². The van der Waals surface area contributed by atoms with Crippen LogP contribution in [-0.2, 0) is 4.79 Å². The highest BCUT2D eigenvalue weighted by Crippen LogP contribution is 2.22. The third-order valence-corrected chi connectivity index (χ3v) is 3.96. The first-order valence-electron chi connectivity index (χ1n) is 7.13. The van der Waals surface area contributed by atoms with Gasteiger partial charge in [-0.05, 0) is 30.9 Å². The van der Waals surface area contributed by atoms with E-state index in [1.54, 1.807) is 0 Å². The molecule has 2 rings (SSSR count). The normalized spacial score (nSPS) is 21.4. The molecule has 1 aromatic carbocycles. The number of piperidine rings is 1. The van der Waals surface area contributed by atoms with Crippen LogP contribution in [0.25, 0.3) is 0 Å². The fourth-order valence-corrected chi connectivity index (χ4v) is 2.85. The van der Waals surface area contributed by atoms with Gasteiger partial charge in [-0.1, -0.05) is 30.3 Å². The van der Waals surface area contributed by atoms with Gasteiger partial charge in [0.15, 0.2) is 0 Å². The second-order valence-electron chi connectivity index (χ2n) is 5.42. The van der Waals surface area contributed by atoms with Crippen molar-refractivity contribution in [2.24, 2.45) is 11.8 Å². The summed E-state index contributed by atoms with van der Waals surface area (Å²) >= 11 is 0. The molecule has 2 unspecified atom stereocenters. The monoisotopic (exact) mass is 277 g/mol. The molecule has 5 heteroatoms. The van der Waals surface area contributed by atoms with Crippen molar-refractivity contribution in [3.8, 4) is 0 Å². The van der Waals surface area contributed by atoms with Crippen molar-refractivity contribution in [2.75, 3.05) is 26.2 Å². The Hall–Kier alpha value is -1.43. The van der Waals surface area contributed by atoms with E-state index >= 15 is 0 Å². The maximum atomic E-state index is 12.0. The summed E-state index contributed by atoms with van der Waals surface area (Å²) in [5.41, 5.74) is 3.24. The maximum Gasteiger partial charge on any atom is 0.242 e. The molecule has 0 radical (unpaired) electrons. The zero-order valence-corrected chi connectivity index (χ0v) is 11.7. The summed E-state index contributed by atoms with van der Waals surface area (Å²) in [7, 11) is 0. The smallest absolute Gasteiger partial charge is 0.242 e. The summed E-state index contributed by atoms with van der Waals surface area (Å²) in [6.07, 6.45) is 2.13. The third kappa shape index (κ3) is 3.79. The number of nitrogens with two attached hydrogens (primary N) is 1. The molecule has 1 fully saturated rings. The third-order valence-electron chi connectivity index (χ3n) is 3.96. The summed E-state index contributed by atoms with van der Waals surface area (Å²) in [5.74, 6) is 5.20. The number of aliphatic hydroxyl groups excluding tert-OH is 1. The first kappa shape index (κ1) is 15.0. The molecule has 20 heavy (non-hydrogen) atoms.